The lowest BCUT2D eigenvalue weighted by atomic mass is 9.75. The molecule has 1 heterocycles. The highest BCUT2D eigenvalue weighted by Crippen LogP contribution is 2.40. The van der Waals surface area contributed by atoms with E-state index in [9.17, 15) is 14.7 Å². The van der Waals surface area contributed by atoms with Gasteiger partial charge >= 0.3 is 5.97 Å². The fraction of sp³-hybridized carbons (Fsp3) is 0.700. The zero-order valence-electron chi connectivity index (χ0n) is 16.1. The Morgan fingerprint density at radius 2 is 2.00 bits per heavy atom. The number of hydrogen-bond acceptors (Lipinski definition) is 5. The second-order valence-electron chi connectivity index (χ2n) is 7.17. The first-order valence-corrected chi connectivity index (χ1v) is 9.48. The molecule has 1 fully saturated rings. The predicted molar refractivity (Wildman–Crippen MR) is 99.5 cm³/mol. The van der Waals surface area contributed by atoms with Crippen LogP contribution in [-0.2, 0) is 20.8 Å². The molecule has 146 valence electrons. The van der Waals surface area contributed by atoms with Crippen molar-refractivity contribution in [1.29, 1.82) is 0 Å². The minimum absolute atomic E-state index is 0.00466. The van der Waals surface area contributed by atoms with Gasteiger partial charge in [0.15, 0.2) is 0 Å². The third-order valence-electron chi connectivity index (χ3n) is 5.46. The number of carbonyl (C=O) groups is 1. The van der Waals surface area contributed by atoms with Crippen LogP contribution in [0.25, 0.3) is 0 Å². The van der Waals surface area contributed by atoms with Crippen molar-refractivity contribution in [3.05, 3.63) is 27.7 Å². The average molecular weight is 365 g/mol. The highest BCUT2D eigenvalue weighted by molar-refractivity contribution is 5.70. The Morgan fingerprint density at radius 3 is 2.62 bits per heavy atom. The lowest BCUT2D eigenvalue weighted by Gasteiger charge is -2.30. The molecule has 0 aliphatic heterocycles. The van der Waals surface area contributed by atoms with Crippen molar-refractivity contribution < 1.29 is 19.4 Å². The molecule has 1 unspecified atom stereocenters. The van der Waals surface area contributed by atoms with Crippen LogP contribution >= 0.6 is 0 Å². The number of carbonyl (C=O) groups excluding carboxylic acids is 1. The van der Waals surface area contributed by atoms with Gasteiger partial charge in [-0.05, 0) is 38.2 Å². The fourth-order valence-electron chi connectivity index (χ4n) is 4.07. The SMILES string of the molecule is COCCCn1c(C)cc(O)c(C(CC(=O)OC)C2CCCCC2)c1=O. The summed E-state index contributed by atoms with van der Waals surface area (Å²) >= 11 is 0. The number of aromatic hydroxyl groups is 1. The standard InChI is InChI=1S/C20H31NO5/c1-14-12-17(22)19(20(24)21(14)10-7-11-25-2)16(13-18(23)26-3)15-8-5-4-6-9-15/h12,15-16,22H,4-11,13H2,1-3H3. The lowest BCUT2D eigenvalue weighted by Crippen LogP contribution is -2.31. The summed E-state index contributed by atoms with van der Waals surface area (Å²) < 4.78 is 11.6. The van der Waals surface area contributed by atoms with Crippen molar-refractivity contribution in [3.8, 4) is 5.75 Å². The molecule has 26 heavy (non-hydrogen) atoms. The van der Waals surface area contributed by atoms with Crippen LogP contribution in [0, 0.1) is 12.8 Å². The Kier molecular flexibility index (Phi) is 7.69. The highest BCUT2D eigenvalue weighted by Gasteiger charge is 2.32. The number of pyridine rings is 1. The van der Waals surface area contributed by atoms with Gasteiger partial charge in [0.2, 0.25) is 0 Å². The minimum atomic E-state index is -0.342. The molecule has 0 saturated heterocycles. The Bertz CT molecular complexity index is 661. The zero-order valence-corrected chi connectivity index (χ0v) is 16.1. The van der Waals surface area contributed by atoms with Crippen LogP contribution in [0.15, 0.2) is 10.9 Å². The van der Waals surface area contributed by atoms with E-state index in [0.717, 1.165) is 25.7 Å². The van der Waals surface area contributed by atoms with Gasteiger partial charge in [-0.25, -0.2) is 0 Å². The summed E-state index contributed by atoms with van der Waals surface area (Å²) in [4.78, 5) is 25.2. The molecule has 1 atom stereocenters. The molecule has 1 aromatic heterocycles. The number of rotatable bonds is 8. The van der Waals surface area contributed by atoms with Gasteiger partial charge in [-0.2, -0.15) is 0 Å². The van der Waals surface area contributed by atoms with E-state index in [1.54, 1.807) is 17.7 Å². The first-order valence-electron chi connectivity index (χ1n) is 9.48. The number of methoxy groups -OCH3 is 2. The monoisotopic (exact) mass is 365 g/mol. The van der Waals surface area contributed by atoms with E-state index in [4.69, 9.17) is 9.47 Å². The maximum Gasteiger partial charge on any atom is 0.306 e. The maximum atomic E-state index is 13.2. The quantitative estimate of drug-likeness (QED) is 0.566. The van der Waals surface area contributed by atoms with Crippen LogP contribution in [0.3, 0.4) is 0 Å². The van der Waals surface area contributed by atoms with E-state index in [2.05, 4.69) is 0 Å². The molecule has 0 bridgehead atoms. The molecule has 1 aromatic rings. The van der Waals surface area contributed by atoms with Gasteiger partial charge in [-0.1, -0.05) is 19.3 Å². The third-order valence-corrected chi connectivity index (χ3v) is 5.46. The summed E-state index contributed by atoms with van der Waals surface area (Å²) in [6.07, 6.45) is 6.16. The second kappa shape index (κ2) is 9.76. The van der Waals surface area contributed by atoms with E-state index >= 15 is 0 Å². The number of ether oxygens (including phenoxy) is 2. The molecule has 0 amide bonds. The zero-order chi connectivity index (χ0) is 19.1. The second-order valence-corrected chi connectivity index (χ2v) is 7.17. The van der Waals surface area contributed by atoms with Gasteiger partial charge in [0, 0.05) is 31.9 Å². The minimum Gasteiger partial charge on any atom is -0.507 e. The van der Waals surface area contributed by atoms with Crippen LogP contribution in [0.4, 0.5) is 0 Å². The summed E-state index contributed by atoms with van der Waals surface area (Å²) in [6, 6.07) is 1.64. The van der Waals surface area contributed by atoms with E-state index in [1.807, 2.05) is 6.92 Å². The smallest absolute Gasteiger partial charge is 0.306 e. The molecular formula is C20H31NO5. The topological polar surface area (TPSA) is 77.8 Å². The largest absolute Gasteiger partial charge is 0.507 e. The van der Waals surface area contributed by atoms with Crippen molar-refractivity contribution in [2.75, 3.05) is 20.8 Å². The Balaban J connectivity index is 2.43. The van der Waals surface area contributed by atoms with Crippen molar-refractivity contribution in [3.63, 3.8) is 0 Å². The molecule has 2 rings (SSSR count). The molecule has 6 heteroatoms. The average Bonchev–Trinajstić information content (AvgIpc) is 2.64. The number of nitrogens with zero attached hydrogens (tertiary/aromatic N) is 1. The van der Waals surface area contributed by atoms with Gasteiger partial charge in [0.1, 0.15) is 5.75 Å². The fourth-order valence-corrected chi connectivity index (χ4v) is 4.07. The Labute approximate surface area is 155 Å². The maximum absolute atomic E-state index is 13.2. The summed E-state index contributed by atoms with van der Waals surface area (Å²) in [5.74, 6) is -0.429. The van der Waals surface area contributed by atoms with E-state index in [-0.39, 0.29) is 35.5 Å². The van der Waals surface area contributed by atoms with Crippen molar-refractivity contribution in [2.45, 2.75) is 64.3 Å². The summed E-state index contributed by atoms with van der Waals surface area (Å²) in [7, 11) is 2.99. The number of esters is 1. The van der Waals surface area contributed by atoms with Gasteiger partial charge in [0.05, 0.1) is 19.1 Å². The lowest BCUT2D eigenvalue weighted by molar-refractivity contribution is -0.141. The van der Waals surface area contributed by atoms with Crippen LogP contribution in [0.2, 0.25) is 0 Å². The van der Waals surface area contributed by atoms with Gasteiger partial charge in [0.25, 0.3) is 5.56 Å². The van der Waals surface area contributed by atoms with Crippen LogP contribution in [0.1, 0.15) is 62.1 Å². The Hall–Kier alpha value is -1.82. The Morgan fingerprint density at radius 1 is 1.31 bits per heavy atom. The van der Waals surface area contributed by atoms with Gasteiger partial charge < -0.3 is 19.1 Å². The van der Waals surface area contributed by atoms with E-state index in [1.165, 1.54) is 13.5 Å². The van der Waals surface area contributed by atoms with Crippen LogP contribution < -0.4 is 5.56 Å². The molecule has 0 radical (unpaired) electrons. The molecule has 0 spiro atoms. The first-order chi connectivity index (χ1) is 12.5. The van der Waals surface area contributed by atoms with Crippen LogP contribution in [0.5, 0.6) is 5.75 Å². The molecular weight excluding hydrogens is 334 g/mol. The van der Waals surface area contributed by atoms with Crippen molar-refractivity contribution >= 4 is 5.97 Å². The van der Waals surface area contributed by atoms with Crippen molar-refractivity contribution in [2.24, 2.45) is 5.92 Å². The van der Waals surface area contributed by atoms with Crippen molar-refractivity contribution in [1.82, 2.24) is 4.57 Å². The molecule has 1 N–H and O–H groups in total. The molecule has 1 aliphatic carbocycles. The first kappa shape index (κ1) is 20.5. The third kappa shape index (κ3) is 4.87. The van der Waals surface area contributed by atoms with E-state index in [0.29, 0.717) is 30.8 Å². The molecule has 1 aliphatic rings. The summed E-state index contributed by atoms with van der Waals surface area (Å²) in [5, 5.41) is 10.6. The number of hydrogen-bond donors (Lipinski definition) is 1. The normalized spacial score (nSPS) is 16.4. The molecule has 0 aromatic carbocycles. The molecule has 6 nitrogen and oxygen atoms in total. The van der Waals surface area contributed by atoms with Gasteiger partial charge in [-0.3, -0.25) is 9.59 Å². The molecule has 1 saturated carbocycles. The highest BCUT2D eigenvalue weighted by atomic mass is 16.5. The summed E-state index contributed by atoms with van der Waals surface area (Å²) in [5.41, 5.74) is 0.885. The summed E-state index contributed by atoms with van der Waals surface area (Å²) in [6.45, 7) is 2.91. The predicted octanol–water partition coefficient (Wildman–Crippen LogP) is 3.13. The number of aryl methyl sites for hydroxylation is 1. The number of aromatic nitrogens is 1. The van der Waals surface area contributed by atoms with Crippen LogP contribution in [-0.4, -0.2) is 36.5 Å². The van der Waals surface area contributed by atoms with E-state index < -0.39 is 0 Å². The van der Waals surface area contributed by atoms with Gasteiger partial charge in [-0.15, -0.1) is 0 Å².